The van der Waals surface area contributed by atoms with E-state index >= 15 is 0 Å². The molecule has 0 saturated carbocycles. The average Bonchev–Trinajstić information content (AvgIpc) is 2.84. The summed E-state index contributed by atoms with van der Waals surface area (Å²) in [6.07, 6.45) is 0. The lowest BCUT2D eigenvalue weighted by atomic mass is 9.99. The van der Waals surface area contributed by atoms with Crippen LogP contribution < -0.4 is 16.2 Å². The van der Waals surface area contributed by atoms with Crippen molar-refractivity contribution < 1.29 is 4.74 Å². The summed E-state index contributed by atoms with van der Waals surface area (Å²) < 4.78 is 5.20. The van der Waals surface area contributed by atoms with Crippen molar-refractivity contribution in [3.05, 3.63) is 63.0 Å². The van der Waals surface area contributed by atoms with E-state index in [1.165, 1.54) is 0 Å². The Morgan fingerprint density at radius 3 is 2.62 bits per heavy atom. The molecule has 0 amide bonds. The number of H-pyrrole nitrogens is 2. The van der Waals surface area contributed by atoms with Crippen LogP contribution in [-0.2, 0) is 0 Å². The maximum Gasteiger partial charge on any atom is 0.323 e. The summed E-state index contributed by atoms with van der Waals surface area (Å²) in [4.78, 5) is 16.7. The number of fused-ring (bicyclic) bond motifs is 1. The number of ether oxygens (including phenoxy) is 1. The molecule has 0 aliphatic carbocycles. The molecule has 0 aliphatic rings. The third-order valence-electron chi connectivity index (χ3n) is 3.42. The lowest BCUT2D eigenvalue weighted by Crippen LogP contribution is -2.12. The zero-order valence-corrected chi connectivity index (χ0v) is 12.1. The molecule has 0 aliphatic heterocycles. The van der Waals surface area contributed by atoms with Crippen LogP contribution in [0.2, 0.25) is 5.02 Å². The Bertz CT molecular complexity index is 853. The average molecular weight is 304 g/mol. The first-order valence-corrected chi connectivity index (χ1v) is 6.77. The van der Waals surface area contributed by atoms with Crippen LogP contribution in [0.5, 0.6) is 5.75 Å². The molecule has 0 fully saturated rings. The zero-order chi connectivity index (χ0) is 15.0. The van der Waals surface area contributed by atoms with E-state index in [0.29, 0.717) is 16.1 Å². The van der Waals surface area contributed by atoms with Crippen molar-refractivity contribution in [3.8, 4) is 5.75 Å². The normalized spacial score (nSPS) is 12.5. The molecule has 21 heavy (non-hydrogen) atoms. The van der Waals surface area contributed by atoms with Gasteiger partial charge in [-0.05, 0) is 35.4 Å². The van der Waals surface area contributed by atoms with Crippen LogP contribution in [0.25, 0.3) is 11.0 Å². The van der Waals surface area contributed by atoms with Gasteiger partial charge in [0.25, 0.3) is 0 Å². The number of hydrogen-bond acceptors (Lipinski definition) is 3. The predicted octanol–water partition coefficient (Wildman–Crippen LogP) is 2.57. The Labute approximate surface area is 125 Å². The fourth-order valence-corrected chi connectivity index (χ4v) is 2.61. The van der Waals surface area contributed by atoms with Crippen molar-refractivity contribution in [2.45, 2.75) is 6.04 Å². The smallest absolute Gasteiger partial charge is 0.323 e. The molecule has 0 spiro atoms. The zero-order valence-electron chi connectivity index (χ0n) is 11.3. The molecule has 5 nitrogen and oxygen atoms in total. The molecule has 0 radical (unpaired) electrons. The molecule has 3 rings (SSSR count). The number of halogens is 1. The fraction of sp³-hybridized carbons (Fsp3) is 0.133. The molecular weight excluding hydrogens is 290 g/mol. The first kappa shape index (κ1) is 13.7. The summed E-state index contributed by atoms with van der Waals surface area (Å²) in [6.45, 7) is 0. The molecule has 2 aromatic carbocycles. The van der Waals surface area contributed by atoms with Gasteiger partial charge in [0.1, 0.15) is 5.75 Å². The second-order valence-corrected chi connectivity index (χ2v) is 5.16. The molecule has 1 aromatic heterocycles. The van der Waals surface area contributed by atoms with Crippen LogP contribution in [-0.4, -0.2) is 17.1 Å². The van der Waals surface area contributed by atoms with Crippen molar-refractivity contribution >= 4 is 22.6 Å². The van der Waals surface area contributed by atoms with E-state index in [1.807, 2.05) is 24.3 Å². The Balaban J connectivity index is 2.09. The van der Waals surface area contributed by atoms with Crippen molar-refractivity contribution in [1.82, 2.24) is 9.97 Å². The monoisotopic (exact) mass is 303 g/mol. The summed E-state index contributed by atoms with van der Waals surface area (Å²) in [5.41, 5.74) is 8.99. The van der Waals surface area contributed by atoms with Gasteiger partial charge in [-0.25, -0.2) is 4.79 Å². The lowest BCUT2D eigenvalue weighted by molar-refractivity contribution is 0.414. The first-order chi connectivity index (χ1) is 10.1. The van der Waals surface area contributed by atoms with Crippen molar-refractivity contribution in [3.63, 3.8) is 0 Å². The molecule has 1 heterocycles. The van der Waals surface area contributed by atoms with Crippen LogP contribution in [0, 0.1) is 0 Å². The summed E-state index contributed by atoms with van der Waals surface area (Å²) in [6, 6.07) is 10.6. The topological polar surface area (TPSA) is 83.9 Å². The number of aromatic amines is 2. The Kier molecular flexibility index (Phi) is 3.45. The van der Waals surface area contributed by atoms with Crippen LogP contribution >= 0.6 is 11.6 Å². The van der Waals surface area contributed by atoms with Gasteiger partial charge in [-0.15, -0.1) is 0 Å². The van der Waals surface area contributed by atoms with Gasteiger partial charge in [-0.2, -0.15) is 0 Å². The molecule has 1 unspecified atom stereocenters. The lowest BCUT2D eigenvalue weighted by Gasteiger charge is -2.15. The molecule has 4 N–H and O–H groups in total. The number of rotatable bonds is 3. The third-order valence-corrected chi connectivity index (χ3v) is 3.75. The van der Waals surface area contributed by atoms with Gasteiger partial charge < -0.3 is 20.4 Å². The standard InChI is InChI=1S/C15H14ClN3O2/c1-21-9-4-2-3-8(5-9)14(17)10-6-12-13(7-11(10)16)19-15(20)18-12/h2-7,14H,17H2,1H3,(H2,18,19,20). The molecule has 6 heteroatoms. The summed E-state index contributed by atoms with van der Waals surface area (Å²) >= 11 is 6.28. The van der Waals surface area contributed by atoms with Gasteiger partial charge in [-0.3, -0.25) is 0 Å². The molecule has 0 saturated heterocycles. The minimum absolute atomic E-state index is 0.270. The van der Waals surface area contributed by atoms with E-state index in [0.717, 1.165) is 16.9 Å². The molecular formula is C15H14ClN3O2. The van der Waals surface area contributed by atoms with Crippen molar-refractivity contribution in [1.29, 1.82) is 0 Å². The fourth-order valence-electron chi connectivity index (χ4n) is 2.33. The summed E-state index contributed by atoms with van der Waals surface area (Å²) in [5, 5.41) is 0.507. The van der Waals surface area contributed by atoms with Gasteiger partial charge >= 0.3 is 5.69 Å². The molecule has 0 bridgehead atoms. The maximum atomic E-state index is 11.3. The van der Waals surface area contributed by atoms with Crippen molar-refractivity contribution in [2.75, 3.05) is 7.11 Å². The Hall–Kier alpha value is -2.24. The molecule has 108 valence electrons. The first-order valence-electron chi connectivity index (χ1n) is 6.39. The van der Waals surface area contributed by atoms with E-state index in [-0.39, 0.29) is 5.69 Å². The SMILES string of the molecule is COc1cccc(C(N)c2cc3[nH]c(=O)[nH]c3cc2Cl)c1. The van der Waals surface area contributed by atoms with Crippen LogP contribution in [0.4, 0.5) is 0 Å². The van der Waals surface area contributed by atoms with Gasteiger partial charge in [0.15, 0.2) is 0 Å². The quantitative estimate of drug-likeness (QED) is 0.695. The van der Waals surface area contributed by atoms with Gasteiger partial charge in [-0.1, -0.05) is 23.7 Å². The molecule has 1 atom stereocenters. The Morgan fingerprint density at radius 2 is 1.90 bits per heavy atom. The number of benzene rings is 2. The van der Waals surface area contributed by atoms with Crippen molar-refractivity contribution in [2.24, 2.45) is 5.73 Å². The highest BCUT2D eigenvalue weighted by Gasteiger charge is 2.15. The van der Waals surface area contributed by atoms with E-state index < -0.39 is 6.04 Å². The second kappa shape index (κ2) is 5.27. The number of imidazole rings is 1. The van der Waals surface area contributed by atoms with Crippen LogP contribution in [0.15, 0.2) is 41.2 Å². The highest BCUT2D eigenvalue weighted by atomic mass is 35.5. The van der Waals surface area contributed by atoms with E-state index in [9.17, 15) is 4.79 Å². The number of hydrogen-bond donors (Lipinski definition) is 3. The minimum atomic E-state index is -0.407. The number of methoxy groups -OCH3 is 1. The number of aromatic nitrogens is 2. The summed E-state index contributed by atoms with van der Waals surface area (Å²) in [7, 11) is 1.61. The predicted molar refractivity (Wildman–Crippen MR) is 83.0 cm³/mol. The minimum Gasteiger partial charge on any atom is -0.497 e. The largest absolute Gasteiger partial charge is 0.497 e. The van der Waals surface area contributed by atoms with Crippen LogP contribution in [0.3, 0.4) is 0 Å². The highest BCUT2D eigenvalue weighted by molar-refractivity contribution is 6.32. The highest BCUT2D eigenvalue weighted by Crippen LogP contribution is 2.30. The van der Waals surface area contributed by atoms with E-state index in [2.05, 4.69) is 9.97 Å². The number of nitrogens with one attached hydrogen (secondary N) is 2. The van der Waals surface area contributed by atoms with Gasteiger partial charge in [0.2, 0.25) is 0 Å². The van der Waals surface area contributed by atoms with E-state index in [4.69, 9.17) is 22.1 Å². The van der Waals surface area contributed by atoms with Gasteiger partial charge in [0.05, 0.1) is 24.2 Å². The number of nitrogens with two attached hydrogens (primary N) is 1. The van der Waals surface area contributed by atoms with E-state index in [1.54, 1.807) is 19.2 Å². The molecule has 3 aromatic rings. The summed E-state index contributed by atoms with van der Waals surface area (Å²) in [5.74, 6) is 0.732. The second-order valence-electron chi connectivity index (χ2n) is 4.75. The Morgan fingerprint density at radius 1 is 1.19 bits per heavy atom. The van der Waals surface area contributed by atoms with Crippen LogP contribution in [0.1, 0.15) is 17.2 Å². The van der Waals surface area contributed by atoms with Gasteiger partial charge in [0, 0.05) is 5.02 Å². The maximum absolute atomic E-state index is 11.3. The third kappa shape index (κ3) is 2.53.